The summed E-state index contributed by atoms with van der Waals surface area (Å²) in [6.45, 7) is 1.11. The van der Waals surface area contributed by atoms with E-state index in [1.807, 2.05) is 30.3 Å². The highest BCUT2D eigenvalue weighted by Crippen LogP contribution is 2.32. The Morgan fingerprint density at radius 3 is 2.88 bits per heavy atom. The Morgan fingerprint density at radius 1 is 1.21 bits per heavy atom. The third kappa shape index (κ3) is 4.83. The fraction of sp³-hybridized carbons (Fsp3) is 0.333. The molecule has 1 aliphatic rings. The zero-order valence-corrected chi connectivity index (χ0v) is 14.9. The van der Waals surface area contributed by atoms with Gasteiger partial charge in [0.05, 0.1) is 12.1 Å². The fourth-order valence-corrected chi connectivity index (χ4v) is 4.28. The third-order valence-corrected chi connectivity index (χ3v) is 6.09. The van der Waals surface area contributed by atoms with Gasteiger partial charge in [-0.05, 0) is 24.3 Å². The van der Waals surface area contributed by atoms with E-state index in [1.165, 1.54) is 11.8 Å². The van der Waals surface area contributed by atoms with Gasteiger partial charge in [-0.15, -0.1) is 23.5 Å². The summed E-state index contributed by atoms with van der Waals surface area (Å²) in [5.74, 6) is 2.64. The van der Waals surface area contributed by atoms with Crippen LogP contribution in [0.3, 0.4) is 0 Å². The lowest BCUT2D eigenvalue weighted by Crippen LogP contribution is -2.41. The topological polar surface area (TPSA) is 61.7 Å². The van der Waals surface area contributed by atoms with Gasteiger partial charge in [-0.3, -0.25) is 0 Å². The Morgan fingerprint density at radius 2 is 2.00 bits per heavy atom. The average molecular weight is 364 g/mol. The number of fused-ring (bicyclic) bond motifs is 1. The van der Waals surface area contributed by atoms with Crippen molar-refractivity contribution >= 4 is 23.5 Å². The largest absolute Gasteiger partial charge is 0.507 e. The van der Waals surface area contributed by atoms with Crippen molar-refractivity contribution in [2.45, 2.75) is 21.9 Å². The van der Waals surface area contributed by atoms with E-state index < -0.39 is 6.10 Å². The van der Waals surface area contributed by atoms with Crippen LogP contribution in [-0.4, -0.2) is 47.0 Å². The number of nitrogens with one attached hydrogen (secondary N) is 1. The lowest BCUT2D eigenvalue weighted by molar-refractivity contribution is 0.183. The van der Waals surface area contributed by atoms with Crippen LogP contribution in [-0.2, 0) is 0 Å². The number of phenolic OH excluding ortho intramolecular Hbond substituents is 1. The maximum absolute atomic E-state index is 10.2. The first-order valence-electron chi connectivity index (χ1n) is 7.89. The lowest BCUT2D eigenvalue weighted by Gasteiger charge is -2.18. The molecule has 0 aromatic heterocycles. The molecule has 0 aliphatic carbocycles. The maximum Gasteiger partial charge on any atom is 0.132 e. The average Bonchev–Trinajstić information content (AvgIpc) is 2.82. The molecule has 0 unspecified atom stereocenters. The van der Waals surface area contributed by atoms with Crippen LogP contribution in [0.4, 0.5) is 0 Å². The Labute approximate surface area is 150 Å². The summed E-state index contributed by atoms with van der Waals surface area (Å²) in [4.78, 5) is 1.96. The number of hydrogen-bond acceptors (Lipinski definition) is 6. The molecule has 128 valence electrons. The predicted octanol–water partition coefficient (Wildman–Crippen LogP) is 2.99. The van der Waals surface area contributed by atoms with Crippen molar-refractivity contribution in [1.82, 2.24) is 5.32 Å². The van der Waals surface area contributed by atoms with E-state index >= 15 is 0 Å². The van der Waals surface area contributed by atoms with Crippen LogP contribution < -0.4 is 10.1 Å². The molecule has 0 amide bonds. The molecule has 2 aromatic carbocycles. The molecule has 1 heterocycles. The monoisotopic (exact) mass is 363 g/mol. The molecule has 3 N–H and O–H groups in total. The van der Waals surface area contributed by atoms with Crippen LogP contribution in [0.5, 0.6) is 11.5 Å². The highest BCUT2D eigenvalue weighted by atomic mass is 32.2. The summed E-state index contributed by atoms with van der Waals surface area (Å²) in [7, 11) is 0. The molecular weight excluding hydrogens is 342 g/mol. The number of phenols is 1. The van der Waals surface area contributed by atoms with Crippen LogP contribution in [0.15, 0.2) is 58.3 Å². The summed E-state index contributed by atoms with van der Waals surface area (Å²) < 4.78 is 5.84. The molecule has 4 nitrogen and oxygen atoms in total. The molecule has 0 radical (unpaired) electrons. The summed E-state index contributed by atoms with van der Waals surface area (Å²) in [6, 6.07) is 15.4. The van der Waals surface area contributed by atoms with Crippen LogP contribution >= 0.6 is 23.5 Å². The number of ether oxygens (including phenoxy) is 1. The molecule has 0 fully saturated rings. The molecular formula is C18H21NO3S2. The second-order valence-electron chi connectivity index (χ2n) is 5.61. The van der Waals surface area contributed by atoms with Gasteiger partial charge in [-0.2, -0.15) is 0 Å². The number of aliphatic hydroxyl groups is 1. The number of hydrogen-bond donors (Lipinski definition) is 3. The molecule has 0 bridgehead atoms. The zero-order valence-electron chi connectivity index (χ0n) is 13.2. The van der Waals surface area contributed by atoms with Crippen molar-refractivity contribution in [2.24, 2.45) is 0 Å². The van der Waals surface area contributed by atoms with Crippen LogP contribution in [0.2, 0.25) is 0 Å². The summed E-state index contributed by atoms with van der Waals surface area (Å²) >= 11 is 3.23. The van der Waals surface area contributed by atoms with Crippen molar-refractivity contribution in [3.63, 3.8) is 0 Å². The molecule has 6 heteroatoms. The van der Waals surface area contributed by atoms with Gasteiger partial charge in [0.15, 0.2) is 0 Å². The normalized spacial score (nSPS) is 18.3. The van der Waals surface area contributed by atoms with Gasteiger partial charge in [-0.1, -0.05) is 24.3 Å². The minimum absolute atomic E-state index is 0.201. The molecule has 24 heavy (non-hydrogen) atoms. The quantitative estimate of drug-likeness (QED) is 0.686. The lowest BCUT2D eigenvalue weighted by atomic mass is 10.3. The van der Waals surface area contributed by atoms with Gasteiger partial charge in [-0.25, -0.2) is 0 Å². The van der Waals surface area contributed by atoms with E-state index in [-0.39, 0.29) is 11.8 Å². The van der Waals surface area contributed by atoms with E-state index in [9.17, 15) is 10.2 Å². The van der Waals surface area contributed by atoms with Crippen molar-refractivity contribution in [3.05, 3.63) is 48.5 Å². The van der Waals surface area contributed by atoms with Crippen molar-refractivity contribution in [2.75, 3.05) is 24.7 Å². The van der Waals surface area contributed by atoms with E-state index in [1.54, 1.807) is 23.9 Å². The van der Waals surface area contributed by atoms with Gasteiger partial charge in [0.2, 0.25) is 0 Å². The van der Waals surface area contributed by atoms with Crippen LogP contribution in [0, 0.1) is 0 Å². The standard InChI is InChI=1S/C18H21NO3S2/c20-14(12-24-17-7-3-1-5-15(17)21)9-19-13-10-22-16-6-2-4-8-18(16)23-11-13/h1-8,13-14,19-21H,9-12H2/t13-,14+/m1/s1. The summed E-state index contributed by atoms with van der Waals surface area (Å²) in [5, 5.41) is 23.3. The minimum Gasteiger partial charge on any atom is -0.507 e. The first-order valence-corrected chi connectivity index (χ1v) is 9.86. The Balaban J connectivity index is 1.42. The van der Waals surface area contributed by atoms with Crippen molar-refractivity contribution in [1.29, 1.82) is 0 Å². The number of thioether (sulfide) groups is 2. The fourth-order valence-electron chi connectivity index (χ4n) is 2.36. The highest BCUT2D eigenvalue weighted by molar-refractivity contribution is 7.99. The van der Waals surface area contributed by atoms with Gasteiger partial charge in [0.1, 0.15) is 18.1 Å². The summed E-state index contributed by atoms with van der Waals surface area (Å²) in [5.41, 5.74) is 0. The zero-order chi connectivity index (χ0) is 16.8. The second-order valence-corrected chi connectivity index (χ2v) is 7.73. The Kier molecular flexibility index (Phi) is 6.31. The first-order chi connectivity index (χ1) is 11.7. The number of aliphatic hydroxyl groups excluding tert-OH is 1. The minimum atomic E-state index is -0.481. The van der Waals surface area contributed by atoms with Gasteiger partial charge >= 0.3 is 0 Å². The van der Waals surface area contributed by atoms with Gasteiger partial charge in [0.25, 0.3) is 0 Å². The van der Waals surface area contributed by atoms with Gasteiger partial charge in [0, 0.05) is 27.8 Å². The van der Waals surface area contributed by atoms with E-state index in [4.69, 9.17) is 4.74 Å². The van der Waals surface area contributed by atoms with E-state index in [2.05, 4.69) is 11.4 Å². The van der Waals surface area contributed by atoms with Crippen molar-refractivity contribution in [3.8, 4) is 11.5 Å². The molecule has 0 saturated heterocycles. The Bertz CT molecular complexity index is 641. The Hall–Kier alpha value is -1.34. The SMILES string of the molecule is Oc1ccccc1SC[C@@H](O)CN[C@@H]1COc2ccccc2SC1. The molecule has 0 spiro atoms. The molecule has 1 aliphatic heterocycles. The molecule has 0 saturated carbocycles. The number of para-hydroxylation sites is 2. The summed E-state index contributed by atoms with van der Waals surface area (Å²) in [6.07, 6.45) is -0.481. The van der Waals surface area contributed by atoms with Gasteiger partial charge < -0.3 is 20.3 Å². The maximum atomic E-state index is 10.2. The molecule has 2 aromatic rings. The highest BCUT2D eigenvalue weighted by Gasteiger charge is 2.18. The third-order valence-electron chi connectivity index (χ3n) is 3.67. The van der Waals surface area contributed by atoms with Crippen molar-refractivity contribution < 1.29 is 14.9 Å². The number of rotatable bonds is 6. The second kappa shape index (κ2) is 8.67. The number of aromatic hydroxyl groups is 1. The molecule has 3 rings (SSSR count). The van der Waals surface area contributed by atoms with E-state index in [0.717, 1.165) is 21.3 Å². The smallest absolute Gasteiger partial charge is 0.132 e. The predicted molar refractivity (Wildman–Crippen MR) is 99.3 cm³/mol. The van der Waals surface area contributed by atoms with Crippen LogP contribution in [0.25, 0.3) is 0 Å². The van der Waals surface area contributed by atoms with Crippen LogP contribution in [0.1, 0.15) is 0 Å². The first kappa shape index (κ1) is 17.5. The molecule has 2 atom stereocenters. The van der Waals surface area contributed by atoms with E-state index in [0.29, 0.717) is 18.9 Å². The number of benzene rings is 2.